The average molecular weight is 177 g/mol. The second kappa shape index (κ2) is 3.90. The van der Waals surface area contributed by atoms with Crippen molar-refractivity contribution in [1.29, 1.82) is 0 Å². The molecule has 1 aromatic carbocycles. The van der Waals surface area contributed by atoms with E-state index in [2.05, 4.69) is 36.5 Å². The molecule has 2 heteroatoms. The Morgan fingerprint density at radius 2 is 2.15 bits per heavy atom. The van der Waals surface area contributed by atoms with E-state index in [1.165, 1.54) is 5.56 Å². The first kappa shape index (κ1) is 8.73. The third kappa shape index (κ3) is 1.74. The van der Waals surface area contributed by atoms with Gasteiger partial charge in [0.1, 0.15) is 0 Å². The first-order valence-corrected chi connectivity index (χ1v) is 4.81. The van der Waals surface area contributed by atoms with E-state index in [9.17, 15) is 0 Å². The minimum atomic E-state index is 0.242. The molecule has 1 aromatic rings. The largest absolute Gasteiger partial charge is 0.357 e. The standard InChI is InChI=1S/C11H15NO/c1-2-10-11(13-8-12-10)9-6-4-3-5-7-9/h3-7,10-12H,2,8H2,1H3/t10-,11+/m1/s1. The van der Waals surface area contributed by atoms with Gasteiger partial charge in [0, 0.05) is 6.04 Å². The van der Waals surface area contributed by atoms with E-state index in [1.54, 1.807) is 0 Å². The summed E-state index contributed by atoms with van der Waals surface area (Å²) in [4.78, 5) is 0. The number of rotatable bonds is 2. The normalized spacial score (nSPS) is 27.8. The van der Waals surface area contributed by atoms with E-state index in [0.29, 0.717) is 12.8 Å². The maximum Gasteiger partial charge on any atom is 0.0996 e. The van der Waals surface area contributed by atoms with Gasteiger partial charge in [-0.3, -0.25) is 5.32 Å². The van der Waals surface area contributed by atoms with Gasteiger partial charge in [-0.05, 0) is 12.0 Å². The Bertz CT molecular complexity index is 260. The zero-order valence-corrected chi connectivity index (χ0v) is 7.86. The number of nitrogens with one attached hydrogen (secondary N) is 1. The van der Waals surface area contributed by atoms with Crippen LogP contribution in [0.3, 0.4) is 0 Å². The van der Waals surface area contributed by atoms with E-state index in [0.717, 1.165) is 6.42 Å². The summed E-state index contributed by atoms with van der Waals surface area (Å²) in [6.45, 7) is 2.86. The average Bonchev–Trinajstić information content (AvgIpc) is 2.67. The summed E-state index contributed by atoms with van der Waals surface area (Å²) in [6.07, 6.45) is 1.35. The fraction of sp³-hybridized carbons (Fsp3) is 0.455. The smallest absolute Gasteiger partial charge is 0.0996 e. The van der Waals surface area contributed by atoms with E-state index in [1.807, 2.05) is 6.07 Å². The van der Waals surface area contributed by atoms with Crippen LogP contribution < -0.4 is 5.32 Å². The van der Waals surface area contributed by atoms with Gasteiger partial charge in [-0.15, -0.1) is 0 Å². The van der Waals surface area contributed by atoms with Crippen molar-refractivity contribution in [2.24, 2.45) is 0 Å². The Morgan fingerprint density at radius 3 is 2.85 bits per heavy atom. The van der Waals surface area contributed by atoms with E-state index in [-0.39, 0.29) is 6.10 Å². The van der Waals surface area contributed by atoms with Crippen molar-refractivity contribution in [1.82, 2.24) is 5.32 Å². The van der Waals surface area contributed by atoms with Crippen LogP contribution in [0.15, 0.2) is 30.3 Å². The van der Waals surface area contributed by atoms with Gasteiger partial charge in [0.05, 0.1) is 12.8 Å². The number of ether oxygens (including phenoxy) is 1. The van der Waals surface area contributed by atoms with Gasteiger partial charge in [0.2, 0.25) is 0 Å². The molecule has 1 heterocycles. The molecule has 0 aromatic heterocycles. The Balaban J connectivity index is 2.16. The van der Waals surface area contributed by atoms with Crippen LogP contribution in [-0.4, -0.2) is 12.8 Å². The maximum atomic E-state index is 5.63. The van der Waals surface area contributed by atoms with Crippen molar-refractivity contribution in [3.8, 4) is 0 Å². The third-order valence-electron chi connectivity index (χ3n) is 2.54. The highest BCUT2D eigenvalue weighted by Gasteiger charge is 2.26. The van der Waals surface area contributed by atoms with Crippen molar-refractivity contribution < 1.29 is 4.74 Å². The lowest BCUT2D eigenvalue weighted by Gasteiger charge is -2.16. The minimum absolute atomic E-state index is 0.242. The van der Waals surface area contributed by atoms with Gasteiger partial charge >= 0.3 is 0 Å². The lowest BCUT2D eigenvalue weighted by Crippen LogP contribution is -2.24. The van der Waals surface area contributed by atoms with Crippen LogP contribution in [0.2, 0.25) is 0 Å². The van der Waals surface area contributed by atoms with Crippen LogP contribution in [0.4, 0.5) is 0 Å². The summed E-state index contributed by atoms with van der Waals surface area (Å²) in [6, 6.07) is 10.9. The number of hydrogen-bond acceptors (Lipinski definition) is 2. The number of benzene rings is 1. The second-order valence-corrected chi connectivity index (χ2v) is 3.36. The molecule has 0 amide bonds. The minimum Gasteiger partial charge on any atom is -0.357 e. The second-order valence-electron chi connectivity index (χ2n) is 3.36. The first-order valence-electron chi connectivity index (χ1n) is 4.81. The highest BCUT2D eigenvalue weighted by Crippen LogP contribution is 2.26. The van der Waals surface area contributed by atoms with Gasteiger partial charge in [-0.2, -0.15) is 0 Å². The molecule has 0 bridgehead atoms. The molecular weight excluding hydrogens is 162 g/mol. The molecule has 0 aliphatic carbocycles. The van der Waals surface area contributed by atoms with Gasteiger partial charge in [0.25, 0.3) is 0 Å². The zero-order valence-electron chi connectivity index (χ0n) is 7.86. The van der Waals surface area contributed by atoms with E-state index >= 15 is 0 Å². The summed E-state index contributed by atoms with van der Waals surface area (Å²) in [5.74, 6) is 0. The van der Waals surface area contributed by atoms with Crippen LogP contribution in [-0.2, 0) is 4.74 Å². The fourth-order valence-electron chi connectivity index (χ4n) is 1.80. The highest BCUT2D eigenvalue weighted by molar-refractivity contribution is 5.19. The summed E-state index contributed by atoms with van der Waals surface area (Å²) >= 11 is 0. The predicted molar refractivity (Wildman–Crippen MR) is 52.3 cm³/mol. The third-order valence-corrected chi connectivity index (χ3v) is 2.54. The van der Waals surface area contributed by atoms with Crippen LogP contribution in [0, 0.1) is 0 Å². The molecule has 0 unspecified atom stereocenters. The zero-order chi connectivity index (χ0) is 9.10. The van der Waals surface area contributed by atoms with Crippen molar-refractivity contribution in [3.05, 3.63) is 35.9 Å². The monoisotopic (exact) mass is 177 g/mol. The van der Waals surface area contributed by atoms with Crippen molar-refractivity contribution in [2.75, 3.05) is 6.73 Å². The van der Waals surface area contributed by atoms with E-state index in [4.69, 9.17) is 4.74 Å². The van der Waals surface area contributed by atoms with Crippen molar-refractivity contribution in [2.45, 2.75) is 25.5 Å². The molecular formula is C11H15NO. The van der Waals surface area contributed by atoms with Gasteiger partial charge in [0.15, 0.2) is 0 Å². The Morgan fingerprint density at radius 1 is 1.38 bits per heavy atom. The first-order chi connectivity index (χ1) is 6.42. The molecule has 1 aliphatic rings. The van der Waals surface area contributed by atoms with Gasteiger partial charge in [-0.25, -0.2) is 0 Å². The maximum absolute atomic E-state index is 5.63. The molecule has 1 aliphatic heterocycles. The lowest BCUT2D eigenvalue weighted by atomic mass is 10.0. The molecule has 13 heavy (non-hydrogen) atoms. The van der Waals surface area contributed by atoms with Gasteiger partial charge < -0.3 is 4.74 Å². The summed E-state index contributed by atoms with van der Waals surface area (Å²) in [5.41, 5.74) is 1.28. The quantitative estimate of drug-likeness (QED) is 0.746. The highest BCUT2D eigenvalue weighted by atomic mass is 16.5. The molecule has 1 N–H and O–H groups in total. The van der Waals surface area contributed by atoms with Crippen LogP contribution >= 0.6 is 0 Å². The molecule has 0 radical (unpaired) electrons. The topological polar surface area (TPSA) is 21.3 Å². The predicted octanol–water partition coefficient (Wildman–Crippen LogP) is 2.08. The molecule has 1 fully saturated rings. The molecule has 2 atom stereocenters. The van der Waals surface area contributed by atoms with Gasteiger partial charge in [-0.1, -0.05) is 37.3 Å². The molecule has 2 nitrogen and oxygen atoms in total. The van der Waals surface area contributed by atoms with Crippen LogP contribution in [0.5, 0.6) is 0 Å². The molecule has 70 valence electrons. The number of hydrogen-bond donors (Lipinski definition) is 1. The summed E-state index contributed by atoms with van der Waals surface area (Å²) in [5, 5.41) is 3.33. The molecule has 0 spiro atoms. The Kier molecular flexibility index (Phi) is 2.62. The Labute approximate surface area is 78.9 Å². The summed E-state index contributed by atoms with van der Waals surface area (Å²) < 4.78 is 5.63. The van der Waals surface area contributed by atoms with Crippen molar-refractivity contribution in [3.63, 3.8) is 0 Å². The summed E-state index contributed by atoms with van der Waals surface area (Å²) in [7, 11) is 0. The molecule has 0 saturated carbocycles. The molecule has 1 saturated heterocycles. The SMILES string of the molecule is CC[C@H]1NCO[C@H]1c1ccccc1. The van der Waals surface area contributed by atoms with E-state index < -0.39 is 0 Å². The molecule has 2 rings (SSSR count). The van der Waals surface area contributed by atoms with Crippen LogP contribution in [0.1, 0.15) is 25.0 Å². The lowest BCUT2D eigenvalue weighted by molar-refractivity contribution is 0.102. The Hall–Kier alpha value is -0.860. The van der Waals surface area contributed by atoms with Crippen LogP contribution in [0.25, 0.3) is 0 Å². The van der Waals surface area contributed by atoms with Crippen molar-refractivity contribution >= 4 is 0 Å². The fourth-order valence-corrected chi connectivity index (χ4v) is 1.80.